The van der Waals surface area contributed by atoms with Gasteiger partial charge in [0.1, 0.15) is 0 Å². The Labute approximate surface area is 135 Å². The van der Waals surface area contributed by atoms with E-state index in [1.165, 1.54) is 5.56 Å². The van der Waals surface area contributed by atoms with Gasteiger partial charge in [-0.2, -0.15) is 0 Å². The van der Waals surface area contributed by atoms with E-state index in [4.69, 9.17) is 27.9 Å². The van der Waals surface area contributed by atoms with Crippen LogP contribution >= 0.6 is 23.2 Å². The van der Waals surface area contributed by atoms with Crippen LogP contribution in [0.2, 0.25) is 10.0 Å². The van der Waals surface area contributed by atoms with Crippen LogP contribution in [0.3, 0.4) is 0 Å². The van der Waals surface area contributed by atoms with Gasteiger partial charge in [0.15, 0.2) is 0 Å². The van der Waals surface area contributed by atoms with Crippen molar-refractivity contribution in [2.24, 2.45) is 5.92 Å². The second-order valence-corrected chi connectivity index (χ2v) is 6.12. The molecule has 3 rings (SSSR count). The third kappa shape index (κ3) is 3.58. The first-order valence-corrected chi connectivity index (χ1v) is 7.81. The molecule has 1 atom stereocenters. The predicted molar refractivity (Wildman–Crippen MR) is 86.8 cm³/mol. The molecular formula is C17H17Cl2NO. The maximum atomic E-state index is 6.17. The molecule has 0 amide bonds. The Kier molecular flexibility index (Phi) is 4.81. The van der Waals surface area contributed by atoms with Crippen molar-refractivity contribution in [3.8, 4) is 0 Å². The van der Waals surface area contributed by atoms with Crippen molar-refractivity contribution >= 4 is 23.2 Å². The molecule has 0 spiro atoms. The summed E-state index contributed by atoms with van der Waals surface area (Å²) in [5, 5.41) is 4.45. The minimum atomic E-state index is 0.0428. The van der Waals surface area contributed by atoms with Gasteiger partial charge in [0.2, 0.25) is 0 Å². The molecule has 1 N–H and O–H groups in total. The second kappa shape index (κ2) is 6.80. The van der Waals surface area contributed by atoms with Crippen LogP contribution in [0.4, 0.5) is 0 Å². The van der Waals surface area contributed by atoms with E-state index in [1.54, 1.807) is 0 Å². The molecular weight excluding hydrogens is 305 g/mol. The molecule has 0 aliphatic carbocycles. The summed E-state index contributed by atoms with van der Waals surface area (Å²) in [6.45, 7) is 2.54. The van der Waals surface area contributed by atoms with Gasteiger partial charge in [0.05, 0.1) is 22.8 Å². The van der Waals surface area contributed by atoms with Crippen LogP contribution in [0.15, 0.2) is 48.5 Å². The molecule has 110 valence electrons. The molecule has 0 radical (unpaired) electrons. The molecule has 1 saturated heterocycles. The van der Waals surface area contributed by atoms with E-state index in [0.29, 0.717) is 22.6 Å². The topological polar surface area (TPSA) is 21.3 Å². The first-order valence-electron chi connectivity index (χ1n) is 7.05. The number of hydrogen-bond donors (Lipinski definition) is 1. The van der Waals surface area contributed by atoms with Gasteiger partial charge >= 0.3 is 0 Å². The number of rotatable bonds is 5. The smallest absolute Gasteiger partial charge is 0.0882 e. The third-order valence-corrected chi connectivity index (χ3v) is 4.52. The summed E-state index contributed by atoms with van der Waals surface area (Å²) in [7, 11) is 0. The third-order valence-electron chi connectivity index (χ3n) is 3.79. The van der Waals surface area contributed by atoms with Crippen LogP contribution in [-0.2, 0) is 11.3 Å². The maximum Gasteiger partial charge on any atom is 0.0882 e. The summed E-state index contributed by atoms with van der Waals surface area (Å²) < 4.78 is 6.17. The van der Waals surface area contributed by atoms with E-state index in [1.807, 2.05) is 36.4 Å². The van der Waals surface area contributed by atoms with Gasteiger partial charge < -0.3 is 10.1 Å². The summed E-state index contributed by atoms with van der Waals surface area (Å²) in [4.78, 5) is 0. The molecule has 2 aromatic rings. The highest BCUT2D eigenvalue weighted by atomic mass is 35.5. The molecule has 0 unspecified atom stereocenters. The van der Waals surface area contributed by atoms with Crippen molar-refractivity contribution in [1.29, 1.82) is 0 Å². The molecule has 1 fully saturated rings. The minimum Gasteiger partial charge on any atom is -0.368 e. The molecule has 2 aromatic carbocycles. The standard InChI is InChI=1S/C17H17Cl2NO/c18-15-7-6-13(8-16(15)19)17(14-9-20-10-14)21-11-12-4-2-1-3-5-12/h1-8,14,17,20H,9-11H2/t17-/m1/s1. The van der Waals surface area contributed by atoms with Gasteiger partial charge in [0.25, 0.3) is 0 Å². The Morgan fingerprint density at radius 1 is 1.05 bits per heavy atom. The normalized spacial score (nSPS) is 16.5. The second-order valence-electron chi connectivity index (χ2n) is 5.31. The van der Waals surface area contributed by atoms with Gasteiger partial charge in [-0.05, 0) is 23.3 Å². The van der Waals surface area contributed by atoms with Crippen molar-refractivity contribution in [3.63, 3.8) is 0 Å². The van der Waals surface area contributed by atoms with Crippen molar-refractivity contribution in [2.45, 2.75) is 12.7 Å². The minimum absolute atomic E-state index is 0.0428. The summed E-state index contributed by atoms with van der Waals surface area (Å²) in [5.41, 5.74) is 2.27. The maximum absolute atomic E-state index is 6.17. The van der Waals surface area contributed by atoms with Crippen molar-refractivity contribution in [1.82, 2.24) is 5.32 Å². The summed E-state index contributed by atoms with van der Waals surface area (Å²) in [5.74, 6) is 0.478. The fourth-order valence-electron chi connectivity index (χ4n) is 2.48. The predicted octanol–water partition coefficient (Wildman–Crippen LogP) is 4.47. The highest BCUT2D eigenvalue weighted by Gasteiger charge is 2.29. The zero-order valence-corrected chi connectivity index (χ0v) is 13.1. The molecule has 0 bridgehead atoms. The van der Waals surface area contributed by atoms with Crippen molar-refractivity contribution in [3.05, 3.63) is 69.7 Å². The molecule has 21 heavy (non-hydrogen) atoms. The molecule has 0 saturated carbocycles. The summed E-state index contributed by atoms with van der Waals surface area (Å²) in [6.07, 6.45) is 0.0428. The first-order chi connectivity index (χ1) is 10.2. The van der Waals surface area contributed by atoms with Crippen LogP contribution < -0.4 is 5.32 Å². The van der Waals surface area contributed by atoms with Crippen LogP contribution in [0, 0.1) is 5.92 Å². The number of nitrogens with one attached hydrogen (secondary N) is 1. The zero-order chi connectivity index (χ0) is 14.7. The van der Waals surface area contributed by atoms with E-state index in [-0.39, 0.29) is 6.10 Å². The average molecular weight is 322 g/mol. The average Bonchev–Trinajstić information content (AvgIpc) is 2.45. The molecule has 1 heterocycles. The van der Waals surface area contributed by atoms with Crippen LogP contribution in [0.1, 0.15) is 17.2 Å². The Balaban J connectivity index is 1.76. The van der Waals surface area contributed by atoms with Crippen LogP contribution in [0.25, 0.3) is 0 Å². The monoisotopic (exact) mass is 321 g/mol. The lowest BCUT2D eigenvalue weighted by molar-refractivity contribution is -0.0170. The van der Waals surface area contributed by atoms with E-state index >= 15 is 0 Å². The fourth-order valence-corrected chi connectivity index (χ4v) is 2.79. The van der Waals surface area contributed by atoms with Gasteiger partial charge in [-0.15, -0.1) is 0 Å². The van der Waals surface area contributed by atoms with Crippen LogP contribution in [0.5, 0.6) is 0 Å². The molecule has 4 heteroatoms. The Morgan fingerprint density at radius 2 is 1.81 bits per heavy atom. The van der Waals surface area contributed by atoms with Crippen molar-refractivity contribution < 1.29 is 4.74 Å². The molecule has 2 nitrogen and oxygen atoms in total. The lowest BCUT2D eigenvalue weighted by Gasteiger charge is -2.35. The van der Waals surface area contributed by atoms with E-state index in [2.05, 4.69) is 17.4 Å². The Hall–Kier alpha value is -1.06. The lowest BCUT2D eigenvalue weighted by Crippen LogP contribution is -2.45. The van der Waals surface area contributed by atoms with E-state index in [0.717, 1.165) is 18.7 Å². The zero-order valence-electron chi connectivity index (χ0n) is 11.6. The van der Waals surface area contributed by atoms with E-state index in [9.17, 15) is 0 Å². The summed E-state index contributed by atoms with van der Waals surface area (Å²) >= 11 is 12.1. The number of hydrogen-bond acceptors (Lipinski definition) is 2. The fraction of sp³-hybridized carbons (Fsp3) is 0.294. The van der Waals surface area contributed by atoms with Crippen molar-refractivity contribution in [2.75, 3.05) is 13.1 Å². The molecule has 1 aliphatic rings. The Morgan fingerprint density at radius 3 is 2.43 bits per heavy atom. The van der Waals surface area contributed by atoms with Gasteiger partial charge in [-0.3, -0.25) is 0 Å². The lowest BCUT2D eigenvalue weighted by atomic mass is 9.91. The molecule has 1 aliphatic heterocycles. The van der Waals surface area contributed by atoms with Gasteiger partial charge in [0, 0.05) is 19.0 Å². The molecule has 0 aromatic heterocycles. The quantitative estimate of drug-likeness (QED) is 0.877. The largest absolute Gasteiger partial charge is 0.368 e. The van der Waals surface area contributed by atoms with Crippen LogP contribution in [-0.4, -0.2) is 13.1 Å². The van der Waals surface area contributed by atoms with Gasteiger partial charge in [-0.25, -0.2) is 0 Å². The SMILES string of the molecule is Clc1ccc([C@@H](OCc2ccccc2)C2CNC2)cc1Cl. The first kappa shape index (κ1) is 14.9. The highest BCUT2D eigenvalue weighted by Crippen LogP contribution is 2.33. The number of halogens is 2. The Bertz CT molecular complexity index is 599. The number of ether oxygens (including phenoxy) is 1. The summed E-state index contributed by atoms with van der Waals surface area (Å²) in [6, 6.07) is 16.0. The number of benzene rings is 2. The highest BCUT2D eigenvalue weighted by molar-refractivity contribution is 6.42. The van der Waals surface area contributed by atoms with Gasteiger partial charge in [-0.1, -0.05) is 59.6 Å². The van der Waals surface area contributed by atoms with E-state index < -0.39 is 0 Å².